The van der Waals surface area contributed by atoms with Gasteiger partial charge in [0.25, 0.3) is 5.91 Å². The molecule has 0 bridgehead atoms. The maximum absolute atomic E-state index is 12.0. The number of nitrogens with one attached hydrogen (secondary N) is 1. The van der Waals surface area contributed by atoms with Gasteiger partial charge in [0.15, 0.2) is 0 Å². The average molecular weight is 258 g/mol. The van der Waals surface area contributed by atoms with Crippen molar-refractivity contribution in [2.24, 2.45) is 0 Å². The molecule has 1 N–H and O–H groups in total. The van der Waals surface area contributed by atoms with Gasteiger partial charge in [-0.05, 0) is 31.9 Å². The third kappa shape index (κ3) is 3.55. The minimum atomic E-state index is -0.491. The number of rotatable bonds is 4. The summed E-state index contributed by atoms with van der Waals surface area (Å²) in [5.41, 5.74) is 1.00. The highest BCUT2D eigenvalue weighted by Gasteiger charge is 2.22. The SMILES string of the molecule is CC(OC1CCCC1)C(=O)Nc1ccccc1C#N. The number of hydrogen-bond donors (Lipinski definition) is 1. The van der Waals surface area contributed by atoms with Crippen LogP contribution in [0.15, 0.2) is 24.3 Å². The van der Waals surface area contributed by atoms with E-state index in [2.05, 4.69) is 11.4 Å². The van der Waals surface area contributed by atoms with Crippen LogP contribution in [0.3, 0.4) is 0 Å². The van der Waals surface area contributed by atoms with E-state index in [1.807, 2.05) is 0 Å². The first kappa shape index (κ1) is 13.6. The van der Waals surface area contributed by atoms with E-state index < -0.39 is 6.10 Å². The molecule has 1 amide bonds. The topological polar surface area (TPSA) is 62.1 Å². The number of nitriles is 1. The Bertz CT molecular complexity index is 487. The molecule has 0 saturated heterocycles. The number of ether oxygens (including phenoxy) is 1. The molecule has 0 radical (unpaired) electrons. The molecule has 0 heterocycles. The number of nitrogens with zero attached hydrogens (tertiary/aromatic N) is 1. The molecule has 1 unspecified atom stereocenters. The van der Waals surface area contributed by atoms with Gasteiger partial charge in [-0.25, -0.2) is 0 Å². The summed E-state index contributed by atoms with van der Waals surface area (Å²) in [7, 11) is 0. The van der Waals surface area contributed by atoms with Gasteiger partial charge in [0.05, 0.1) is 17.4 Å². The number of carbonyl (C=O) groups excluding carboxylic acids is 1. The van der Waals surface area contributed by atoms with E-state index in [1.165, 1.54) is 12.8 Å². The van der Waals surface area contributed by atoms with E-state index >= 15 is 0 Å². The lowest BCUT2D eigenvalue weighted by Gasteiger charge is -2.18. The summed E-state index contributed by atoms with van der Waals surface area (Å²) in [6, 6.07) is 9.02. The lowest BCUT2D eigenvalue weighted by Crippen LogP contribution is -2.31. The minimum absolute atomic E-state index is 0.199. The molecule has 2 rings (SSSR count). The highest BCUT2D eigenvalue weighted by molar-refractivity contribution is 5.95. The van der Waals surface area contributed by atoms with Crippen molar-refractivity contribution in [2.75, 3.05) is 5.32 Å². The number of benzene rings is 1. The summed E-state index contributed by atoms with van der Waals surface area (Å²) < 4.78 is 5.72. The lowest BCUT2D eigenvalue weighted by molar-refractivity contribution is -0.129. The fourth-order valence-corrected chi connectivity index (χ4v) is 2.30. The Morgan fingerprint density at radius 2 is 2.11 bits per heavy atom. The lowest BCUT2D eigenvalue weighted by atomic mass is 10.2. The van der Waals surface area contributed by atoms with Gasteiger partial charge < -0.3 is 10.1 Å². The molecule has 4 heteroatoms. The second-order valence-electron chi connectivity index (χ2n) is 4.83. The Balaban J connectivity index is 1.94. The summed E-state index contributed by atoms with van der Waals surface area (Å²) in [6.07, 6.45) is 4.13. The number of anilines is 1. The molecule has 1 aliphatic carbocycles. The Kier molecular flexibility index (Phi) is 4.53. The maximum atomic E-state index is 12.0. The second-order valence-corrected chi connectivity index (χ2v) is 4.83. The molecule has 19 heavy (non-hydrogen) atoms. The molecule has 100 valence electrons. The fraction of sp³-hybridized carbons (Fsp3) is 0.467. The minimum Gasteiger partial charge on any atom is -0.365 e. The van der Waals surface area contributed by atoms with Crippen molar-refractivity contribution in [2.45, 2.75) is 44.8 Å². The number of hydrogen-bond acceptors (Lipinski definition) is 3. The van der Waals surface area contributed by atoms with E-state index in [1.54, 1.807) is 31.2 Å². The van der Waals surface area contributed by atoms with Crippen LogP contribution in [0, 0.1) is 11.3 Å². The van der Waals surface area contributed by atoms with Crippen molar-refractivity contribution in [3.63, 3.8) is 0 Å². The van der Waals surface area contributed by atoms with E-state index in [9.17, 15) is 4.79 Å². The summed E-state index contributed by atoms with van der Waals surface area (Å²) in [4.78, 5) is 12.0. The third-order valence-corrected chi connectivity index (χ3v) is 3.37. The first-order valence-corrected chi connectivity index (χ1v) is 6.66. The van der Waals surface area contributed by atoms with Gasteiger partial charge in [0, 0.05) is 0 Å². The fourth-order valence-electron chi connectivity index (χ4n) is 2.30. The first-order valence-electron chi connectivity index (χ1n) is 6.66. The van der Waals surface area contributed by atoms with Crippen LogP contribution in [-0.2, 0) is 9.53 Å². The average Bonchev–Trinajstić information content (AvgIpc) is 2.92. The van der Waals surface area contributed by atoms with Crippen LogP contribution in [0.5, 0.6) is 0 Å². The van der Waals surface area contributed by atoms with Gasteiger partial charge >= 0.3 is 0 Å². The molecule has 4 nitrogen and oxygen atoms in total. The van der Waals surface area contributed by atoms with Crippen LogP contribution in [-0.4, -0.2) is 18.1 Å². The predicted octanol–water partition coefficient (Wildman–Crippen LogP) is 2.84. The van der Waals surface area contributed by atoms with Gasteiger partial charge in [-0.1, -0.05) is 25.0 Å². The molecule has 0 aromatic heterocycles. The molecule has 1 aliphatic rings. The van der Waals surface area contributed by atoms with E-state index in [-0.39, 0.29) is 12.0 Å². The van der Waals surface area contributed by atoms with Crippen molar-refractivity contribution >= 4 is 11.6 Å². The zero-order valence-corrected chi connectivity index (χ0v) is 11.1. The molecular weight excluding hydrogens is 240 g/mol. The molecule has 1 fully saturated rings. The van der Waals surface area contributed by atoms with Gasteiger partial charge in [0.1, 0.15) is 12.2 Å². The molecular formula is C15H18N2O2. The molecule has 0 aliphatic heterocycles. The highest BCUT2D eigenvalue weighted by Crippen LogP contribution is 2.22. The predicted molar refractivity (Wildman–Crippen MR) is 72.6 cm³/mol. The summed E-state index contributed by atoms with van der Waals surface area (Å²) in [5.74, 6) is -0.199. The third-order valence-electron chi connectivity index (χ3n) is 3.37. The van der Waals surface area contributed by atoms with Crippen LogP contribution in [0.25, 0.3) is 0 Å². The Hall–Kier alpha value is -1.86. The maximum Gasteiger partial charge on any atom is 0.253 e. The van der Waals surface area contributed by atoms with Crippen LogP contribution in [0.2, 0.25) is 0 Å². The van der Waals surface area contributed by atoms with Gasteiger partial charge in [-0.15, -0.1) is 0 Å². The van der Waals surface area contributed by atoms with Crippen molar-refractivity contribution in [3.05, 3.63) is 29.8 Å². The summed E-state index contributed by atoms with van der Waals surface area (Å²) in [6.45, 7) is 1.75. The van der Waals surface area contributed by atoms with Crippen LogP contribution in [0.4, 0.5) is 5.69 Å². The number of para-hydroxylation sites is 1. The molecule has 1 aromatic carbocycles. The van der Waals surface area contributed by atoms with Crippen LogP contribution >= 0.6 is 0 Å². The monoisotopic (exact) mass is 258 g/mol. The number of amides is 1. The Morgan fingerprint density at radius 3 is 2.79 bits per heavy atom. The van der Waals surface area contributed by atoms with E-state index in [0.29, 0.717) is 11.3 Å². The van der Waals surface area contributed by atoms with E-state index in [4.69, 9.17) is 10.00 Å². The molecule has 1 atom stereocenters. The molecule has 1 aromatic rings. The molecule has 0 spiro atoms. The summed E-state index contributed by atoms with van der Waals surface area (Å²) in [5, 5.41) is 11.7. The van der Waals surface area contributed by atoms with E-state index in [0.717, 1.165) is 12.8 Å². The van der Waals surface area contributed by atoms with Gasteiger partial charge in [-0.2, -0.15) is 5.26 Å². The Morgan fingerprint density at radius 1 is 1.42 bits per heavy atom. The van der Waals surface area contributed by atoms with Gasteiger partial charge in [0.2, 0.25) is 0 Å². The van der Waals surface area contributed by atoms with Crippen molar-refractivity contribution in [1.82, 2.24) is 0 Å². The van der Waals surface area contributed by atoms with Crippen molar-refractivity contribution in [1.29, 1.82) is 5.26 Å². The van der Waals surface area contributed by atoms with Crippen LogP contribution < -0.4 is 5.32 Å². The standard InChI is InChI=1S/C15H18N2O2/c1-11(19-13-7-3-4-8-13)15(18)17-14-9-5-2-6-12(14)10-16/h2,5-6,9,11,13H,3-4,7-8H2,1H3,(H,17,18). The smallest absolute Gasteiger partial charge is 0.253 e. The Labute approximate surface area is 113 Å². The largest absolute Gasteiger partial charge is 0.365 e. The second kappa shape index (κ2) is 6.35. The van der Waals surface area contributed by atoms with Crippen molar-refractivity contribution < 1.29 is 9.53 Å². The zero-order valence-electron chi connectivity index (χ0n) is 11.1. The molecule has 1 saturated carbocycles. The quantitative estimate of drug-likeness (QED) is 0.903. The summed E-state index contributed by atoms with van der Waals surface area (Å²) >= 11 is 0. The number of carbonyl (C=O) groups is 1. The van der Waals surface area contributed by atoms with Crippen LogP contribution in [0.1, 0.15) is 38.2 Å². The van der Waals surface area contributed by atoms with Crippen molar-refractivity contribution in [3.8, 4) is 6.07 Å². The first-order chi connectivity index (χ1) is 9.20. The normalized spacial score (nSPS) is 16.8. The zero-order chi connectivity index (χ0) is 13.7. The highest BCUT2D eigenvalue weighted by atomic mass is 16.5. The van der Waals surface area contributed by atoms with Gasteiger partial charge in [-0.3, -0.25) is 4.79 Å².